The molecule has 1 saturated carbocycles. The number of rotatable bonds is 5. The summed E-state index contributed by atoms with van der Waals surface area (Å²) < 4.78 is 4.83. The van der Waals surface area contributed by atoms with Gasteiger partial charge in [-0.15, -0.1) is 0 Å². The average molecular weight is 214 g/mol. The Bertz CT molecular complexity index is 191. The van der Waals surface area contributed by atoms with Crippen molar-refractivity contribution in [3.05, 3.63) is 0 Å². The smallest absolute Gasteiger partial charge is 0.407 e. The molecule has 1 rings (SSSR count). The number of hydrogen-bond donors (Lipinski definition) is 2. The van der Waals surface area contributed by atoms with E-state index in [-0.39, 0.29) is 12.1 Å². The Kier molecular flexibility index (Phi) is 5.47. The number of hydrogen-bond acceptors (Lipinski definition) is 3. The lowest BCUT2D eigenvalue weighted by Crippen LogP contribution is -2.41. The molecule has 1 aliphatic carbocycles. The Morgan fingerprint density at radius 2 is 2.20 bits per heavy atom. The van der Waals surface area contributed by atoms with E-state index in [0.29, 0.717) is 13.2 Å². The molecule has 4 nitrogen and oxygen atoms in total. The normalized spacial score (nSPS) is 18.8. The predicted octanol–water partition coefficient (Wildman–Crippen LogP) is 1.64. The summed E-state index contributed by atoms with van der Waals surface area (Å²) in [5.41, 5.74) is 5.63. The topological polar surface area (TPSA) is 64.3 Å². The summed E-state index contributed by atoms with van der Waals surface area (Å²) in [6.07, 6.45) is 5.85. The average Bonchev–Trinajstić information content (AvgIpc) is 2.70. The van der Waals surface area contributed by atoms with Gasteiger partial charge in [-0.05, 0) is 19.3 Å². The van der Waals surface area contributed by atoms with Crippen LogP contribution in [0.15, 0.2) is 0 Å². The molecule has 0 unspecified atom stereocenters. The van der Waals surface area contributed by atoms with E-state index in [9.17, 15) is 4.79 Å². The maximum atomic E-state index is 11.2. The van der Waals surface area contributed by atoms with Gasteiger partial charge < -0.3 is 15.8 Å². The highest BCUT2D eigenvalue weighted by atomic mass is 16.5. The lowest BCUT2D eigenvalue weighted by atomic mass is 9.98. The van der Waals surface area contributed by atoms with Crippen molar-refractivity contribution < 1.29 is 9.53 Å². The van der Waals surface area contributed by atoms with Gasteiger partial charge in [-0.25, -0.2) is 4.79 Å². The Hall–Kier alpha value is -0.770. The first-order chi connectivity index (χ1) is 7.26. The van der Waals surface area contributed by atoms with Crippen molar-refractivity contribution >= 4 is 6.09 Å². The zero-order valence-corrected chi connectivity index (χ0v) is 9.50. The van der Waals surface area contributed by atoms with Crippen LogP contribution >= 0.6 is 0 Å². The van der Waals surface area contributed by atoms with Crippen LogP contribution in [0.3, 0.4) is 0 Å². The number of nitrogens with two attached hydrogens (primary N) is 1. The zero-order chi connectivity index (χ0) is 11.1. The van der Waals surface area contributed by atoms with Crippen LogP contribution in [0, 0.1) is 5.92 Å². The van der Waals surface area contributed by atoms with Gasteiger partial charge in [0.25, 0.3) is 0 Å². The summed E-state index contributed by atoms with van der Waals surface area (Å²) in [5.74, 6) is 0.737. The SMILES string of the molecule is CCOC(=O)N[C@H](CN)CC1CCCC1. The second kappa shape index (κ2) is 6.67. The fourth-order valence-corrected chi connectivity index (χ4v) is 2.20. The molecule has 0 radical (unpaired) electrons. The van der Waals surface area contributed by atoms with Crippen LogP contribution in [-0.2, 0) is 4.74 Å². The summed E-state index contributed by atoms with van der Waals surface area (Å²) >= 11 is 0. The van der Waals surface area contributed by atoms with E-state index in [1.54, 1.807) is 6.92 Å². The van der Waals surface area contributed by atoms with Crippen LogP contribution in [0.5, 0.6) is 0 Å². The molecule has 3 N–H and O–H groups in total. The van der Waals surface area contributed by atoms with Crippen molar-refractivity contribution in [3.8, 4) is 0 Å². The van der Waals surface area contributed by atoms with Crippen LogP contribution < -0.4 is 11.1 Å². The van der Waals surface area contributed by atoms with E-state index in [1.807, 2.05) is 0 Å². The van der Waals surface area contributed by atoms with Gasteiger partial charge in [0.1, 0.15) is 0 Å². The van der Waals surface area contributed by atoms with Gasteiger partial charge in [0, 0.05) is 12.6 Å². The van der Waals surface area contributed by atoms with Crippen molar-refractivity contribution in [3.63, 3.8) is 0 Å². The Morgan fingerprint density at radius 3 is 2.73 bits per heavy atom. The maximum absolute atomic E-state index is 11.2. The van der Waals surface area contributed by atoms with Crippen LogP contribution in [0.25, 0.3) is 0 Å². The molecule has 1 amide bonds. The number of alkyl carbamates (subject to hydrolysis) is 1. The van der Waals surface area contributed by atoms with E-state index < -0.39 is 0 Å². The first-order valence-corrected chi connectivity index (χ1v) is 5.89. The highest BCUT2D eigenvalue weighted by Crippen LogP contribution is 2.28. The predicted molar refractivity (Wildman–Crippen MR) is 59.6 cm³/mol. The summed E-state index contributed by atoms with van der Waals surface area (Å²) in [5, 5.41) is 2.81. The fraction of sp³-hybridized carbons (Fsp3) is 0.909. The number of nitrogens with one attached hydrogen (secondary N) is 1. The van der Waals surface area contributed by atoms with Crippen LogP contribution in [0.2, 0.25) is 0 Å². The van der Waals surface area contributed by atoms with Gasteiger partial charge in [0.2, 0.25) is 0 Å². The minimum atomic E-state index is -0.342. The molecule has 0 aromatic carbocycles. The highest BCUT2D eigenvalue weighted by Gasteiger charge is 2.20. The second-order valence-corrected chi connectivity index (χ2v) is 4.18. The zero-order valence-electron chi connectivity index (χ0n) is 9.50. The largest absolute Gasteiger partial charge is 0.450 e. The quantitative estimate of drug-likeness (QED) is 0.731. The third-order valence-electron chi connectivity index (χ3n) is 2.97. The molecule has 1 atom stereocenters. The Labute approximate surface area is 91.5 Å². The Morgan fingerprint density at radius 1 is 1.53 bits per heavy atom. The van der Waals surface area contributed by atoms with E-state index in [4.69, 9.17) is 10.5 Å². The van der Waals surface area contributed by atoms with E-state index in [1.165, 1.54) is 25.7 Å². The lowest BCUT2D eigenvalue weighted by Gasteiger charge is -2.19. The van der Waals surface area contributed by atoms with Crippen molar-refractivity contribution in [2.75, 3.05) is 13.2 Å². The molecule has 0 bridgehead atoms. The third-order valence-corrected chi connectivity index (χ3v) is 2.97. The molecule has 4 heteroatoms. The van der Waals surface area contributed by atoms with Gasteiger partial charge in [0.15, 0.2) is 0 Å². The number of carbonyl (C=O) groups is 1. The van der Waals surface area contributed by atoms with Crippen LogP contribution in [0.1, 0.15) is 39.0 Å². The maximum Gasteiger partial charge on any atom is 0.407 e. The highest BCUT2D eigenvalue weighted by molar-refractivity contribution is 5.67. The van der Waals surface area contributed by atoms with Gasteiger partial charge in [0.05, 0.1) is 6.61 Å². The van der Waals surface area contributed by atoms with Crippen LogP contribution in [-0.4, -0.2) is 25.3 Å². The van der Waals surface area contributed by atoms with Crippen molar-refractivity contribution in [2.24, 2.45) is 11.7 Å². The minimum absolute atomic E-state index is 0.0761. The van der Waals surface area contributed by atoms with Crippen LogP contribution in [0.4, 0.5) is 4.79 Å². The molecular formula is C11H22N2O2. The minimum Gasteiger partial charge on any atom is -0.450 e. The molecule has 0 aromatic rings. The van der Waals surface area contributed by atoms with Gasteiger partial charge in [-0.1, -0.05) is 25.7 Å². The molecule has 0 spiro atoms. The van der Waals surface area contributed by atoms with Gasteiger partial charge >= 0.3 is 6.09 Å². The van der Waals surface area contributed by atoms with E-state index >= 15 is 0 Å². The fourth-order valence-electron chi connectivity index (χ4n) is 2.20. The van der Waals surface area contributed by atoms with Crippen molar-refractivity contribution in [1.82, 2.24) is 5.32 Å². The van der Waals surface area contributed by atoms with Gasteiger partial charge in [-0.3, -0.25) is 0 Å². The molecule has 88 valence electrons. The molecule has 1 aliphatic rings. The number of carbonyl (C=O) groups excluding carboxylic acids is 1. The molecule has 0 saturated heterocycles. The molecule has 0 aromatic heterocycles. The monoisotopic (exact) mass is 214 g/mol. The standard InChI is InChI=1S/C11H22N2O2/c1-2-15-11(14)13-10(8-12)7-9-5-3-4-6-9/h9-10H,2-8,12H2,1H3,(H,13,14)/t10-/m0/s1. The van der Waals surface area contributed by atoms with Crippen molar-refractivity contribution in [2.45, 2.75) is 45.1 Å². The Balaban J connectivity index is 2.24. The third kappa shape index (κ3) is 4.51. The first-order valence-electron chi connectivity index (χ1n) is 5.89. The second-order valence-electron chi connectivity index (χ2n) is 4.18. The summed E-state index contributed by atoms with van der Waals surface area (Å²) in [4.78, 5) is 11.2. The van der Waals surface area contributed by atoms with Gasteiger partial charge in [-0.2, -0.15) is 0 Å². The summed E-state index contributed by atoms with van der Waals surface area (Å²) in [6, 6.07) is 0.0761. The van der Waals surface area contributed by atoms with Crippen molar-refractivity contribution in [1.29, 1.82) is 0 Å². The summed E-state index contributed by atoms with van der Waals surface area (Å²) in [7, 11) is 0. The number of amides is 1. The van der Waals surface area contributed by atoms with E-state index in [2.05, 4.69) is 5.32 Å². The molecule has 0 aliphatic heterocycles. The molecular weight excluding hydrogens is 192 g/mol. The first kappa shape index (κ1) is 12.3. The van der Waals surface area contributed by atoms with E-state index in [0.717, 1.165) is 12.3 Å². The molecule has 1 fully saturated rings. The molecule has 15 heavy (non-hydrogen) atoms. The molecule has 0 heterocycles. The number of ether oxygens (including phenoxy) is 1. The summed E-state index contributed by atoms with van der Waals surface area (Å²) in [6.45, 7) is 2.70. The lowest BCUT2D eigenvalue weighted by molar-refractivity contribution is 0.146.